The monoisotopic (exact) mass is 211 g/mol. The van der Waals surface area contributed by atoms with Gasteiger partial charge in [-0.15, -0.1) is 0 Å². The van der Waals surface area contributed by atoms with Gasteiger partial charge in [-0.25, -0.2) is 0 Å². The van der Waals surface area contributed by atoms with Crippen LogP contribution >= 0.6 is 0 Å². The molecule has 0 saturated carbocycles. The number of likely N-dealkylation sites (N-methyl/N-ethyl adjacent to an activating group) is 1. The van der Waals surface area contributed by atoms with Crippen LogP contribution in [0.5, 0.6) is 0 Å². The Labute approximate surface area is 91.5 Å². The van der Waals surface area contributed by atoms with Crippen molar-refractivity contribution in [2.45, 2.75) is 44.2 Å². The van der Waals surface area contributed by atoms with Gasteiger partial charge in [0.05, 0.1) is 18.2 Å². The van der Waals surface area contributed by atoms with Crippen LogP contribution in [0.1, 0.15) is 32.6 Å². The van der Waals surface area contributed by atoms with Crippen LogP contribution in [-0.4, -0.2) is 42.7 Å². The van der Waals surface area contributed by atoms with Crippen LogP contribution in [0.25, 0.3) is 0 Å². The van der Waals surface area contributed by atoms with E-state index in [2.05, 4.69) is 23.9 Å². The molecule has 4 heteroatoms. The average molecular weight is 211 g/mol. The molecule has 1 fully saturated rings. The molecule has 0 aromatic carbocycles. The van der Waals surface area contributed by atoms with E-state index in [9.17, 15) is 0 Å². The van der Waals surface area contributed by atoms with E-state index in [1.165, 1.54) is 6.42 Å². The van der Waals surface area contributed by atoms with Crippen LogP contribution in [0.3, 0.4) is 0 Å². The largest absolute Gasteiger partial charge is 0.378 e. The molecule has 2 aliphatic rings. The van der Waals surface area contributed by atoms with Crippen molar-refractivity contribution in [3.05, 3.63) is 0 Å². The molecule has 2 atom stereocenters. The molecular weight excluding hydrogens is 190 g/mol. The quantitative estimate of drug-likeness (QED) is 0.740. The van der Waals surface area contributed by atoms with Crippen molar-refractivity contribution in [1.82, 2.24) is 4.90 Å². The van der Waals surface area contributed by atoms with E-state index >= 15 is 0 Å². The van der Waals surface area contributed by atoms with E-state index < -0.39 is 0 Å². The van der Waals surface area contributed by atoms with Crippen LogP contribution in [0, 0.1) is 0 Å². The summed E-state index contributed by atoms with van der Waals surface area (Å²) >= 11 is 0. The van der Waals surface area contributed by atoms with Gasteiger partial charge in [0.15, 0.2) is 5.96 Å². The molecule has 2 rings (SSSR count). The Morgan fingerprint density at radius 1 is 1.67 bits per heavy atom. The Hall–Kier alpha value is -0.770. The standard InChI is InChI=1S/C11H21N3O/c1-3-4-9-7-11(5-6-15-9)8-13-10(12)14(11)2/h9H,3-8H2,1-2H3,(H2,12,13). The predicted molar refractivity (Wildman–Crippen MR) is 60.9 cm³/mol. The molecule has 86 valence electrons. The summed E-state index contributed by atoms with van der Waals surface area (Å²) in [5.74, 6) is 0.687. The minimum absolute atomic E-state index is 0.155. The van der Waals surface area contributed by atoms with Gasteiger partial charge < -0.3 is 15.4 Å². The van der Waals surface area contributed by atoms with Crippen LogP contribution < -0.4 is 5.73 Å². The van der Waals surface area contributed by atoms with E-state index in [1.54, 1.807) is 0 Å². The van der Waals surface area contributed by atoms with Crippen LogP contribution in [-0.2, 0) is 4.74 Å². The lowest BCUT2D eigenvalue weighted by molar-refractivity contribution is -0.0463. The summed E-state index contributed by atoms with van der Waals surface area (Å²) in [5.41, 5.74) is 5.99. The normalized spacial score (nSPS) is 36.0. The fourth-order valence-corrected chi connectivity index (χ4v) is 2.64. The van der Waals surface area contributed by atoms with Gasteiger partial charge >= 0.3 is 0 Å². The average Bonchev–Trinajstić information content (AvgIpc) is 2.49. The molecule has 2 heterocycles. The molecule has 2 N–H and O–H groups in total. The van der Waals surface area contributed by atoms with Crippen LogP contribution in [0.15, 0.2) is 4.99 Å². The van der Waals surface area contributed by atoms with Crippen molar-refractivity contribution >= 4 is 5.96 Å². The van der Waals surface area contributed by atoms with Crippen LogP contribution in [0.4, 0.5) is 0 Å². The predicted octanol–water partition coefficient (Wildman–Crippen LogP) is 0.964. The molecule has 1 saturated heterocycles. The Bertz CT molecular complexity index is 265. The van der Waals surface area contributed by atoms with Gasteiger partial charge in [0.2, 0.25) is 0 Å². The summed E-state index contributed by atoms with van der Waals surface area (Å²) in [4.78, 5) is 6.50. The number of ether oxygens (including phenoxy) is 1. The second-order valence-electron chi connectivity index (χ2n) is 4.69. The number of nitrogens with two attached hydrogens (primary N) is 1. The first-order valence-corrected chi connectivity index (χ1v) is 5.83. The first-order valence-electron chi connectivity index (χ1n) is 5.83. The summed E-state index contributed by atoms with van der Waals surface area (Å²) < 4.78 is 5.77. The van der Waals surface area contributed by atoms with Crippen molar-refractivity contribution in [3.8, 4) is 0 Å². The van der Waals surface area contributed by atoms with Crippen molar-refractivity contribution in [2.75, 3.05) is 20.2 Å². The zero-order valence-corrected chi connectivity index (χ0v) is 9.70. The summed E-state index contributed by atoms with van der Waals surface area (Å²) in [7, 11) is 2.06. The first kappa shape index (κ1) is 10.7. The molecule has 0 aromatic heterocycles. The van der Waals surface area contributed by atoms with Gasteiger partial charge in [0.1, 0.15) is 0 Å². The molecule has 0 aliphatic carbocycles. The molecule has 0 aromatic rings. The molecule has 15 heavy (non-hydrogen) atoms. The Morgan fingerprint density at radius 3 is 3.07 bits per heavy atom. The molecule has 2 aliphatic heterocycles. The zero-order chi connectivity index (χ0) is 10.9. The van der Waals surface area contributed by atoms with E-state index in [4.69, 9.17) is 10.5 Å². The maximum atomic E-state index is 5.84. The molecule has 2 unspecified atom stereocenters. The van der Waals surface area contributed by atoms with Gasteiger partial charge in [0.25, 0.3) is 0 Å². The summed E-state index contributed by atoms with van der Waals surface area (Å²) in [6, 6.07) is 0. The first-order chi connectivity index (χ1) is 7.18. The minimum atomic E-state index is 0.155. The summed E-state index contributed by atoms with van der Waals surface area (Å²) in [5, 5.41) is 0. The van der Waals surface area contributed by atoms with Gasteiger partial charge in [-0.1, -0.05) is 13.3 Å². The van der Waals surface area contributed by atoms with Crippen molar-refractivity contribution < 1.29 is 4.74 Å². The number of hydrogen-bond acceptors (Lipinski definition) is 4. The summed E-state index contributed by atoms with van der Waals surface area (Å²) in [6.07, 6.45) is 4.85. The molecule has 0 radical (unpaired) electrons. The molecular formula is C11H21N3O. The SMILES string of the molecule is CCCC1CC2(CCO1)CN=C(N)N2C. The molecule has 4 nitrogen and oxygen atoms in total. The third-order valence-corrected chi connectivity index (χ3v) is 3.73. The van der Waals surface area contributed by atoms with Gasteiger partial charge in [0, 0.05) is 13.7 Å². The number of guanidine groups is 1. The third kappa shape index (κ3) is 1.83. The number of rotatable bonds is 2. The van der Waals surface area contributed by atoms with E-state index in [0.717, 1.165) is 32.4 Å². The molecule has 0 amide bonds. The lowest BCUT2D eigenvalue weighted by Gasteiger charge is -2.43. The highest BCUT2D eigenvalue weighted by Crippen LogP contribution is 2.34. The van der Waals surface area contributed by atoms with Crippen molar-refractivity contribution in [2.24, 2.45) is 10.7 Å². The highest BCUT2D eigenvalue weighted by atomic mass is 16.5. The Morgan fingerprint density at radius 2 is 2.47 bits per heavy atom. The highest BCUT2D eigenvalue weighted by Gasteiger charge is 2.43. The lowest BCUT2D eigenvalue weighted by atomic mass is 9.85. The van der Waals surface area contributed by atoms with E-state index in [-0.39, 0.29) is 5.54 Å². The Balaban J connectivity index is 2.03. The topological polar surface area (TPSA) is 50.9 Å². The third-order valence-electron chi connectivity index (χ3n) is 3.73. The summed E-state index contributed by atoms with van der Waals surface area (Å²) in [6.45, 7) is 3.89. The maximum Gasteiger partial charge on any atom is 0.191 e. The number of nitrogens with zero attached hydrogens (tertiary/aromatic N) is 2. The number of hydrogen-bond donors (Lipinski definition) is 1. The van der Waals surface area contributed by atoms with E-state index in [1.807, 2.05) is 0 Å². The minimum Gasteiger partial charge on any atom is -0.378 e. The van der Waals surface area contributed by atoms with Crippen molar-refractivity contribution in [1.29, 1.82) is 0 Å². The molecule has 0 bridgehead atoms. The van der Waals surface area contributed by atoms with Gasteiger partial charge in [-0.05, 0) is 19.3 Å². The van der Waals surface area contributed by atoms with Gasteiger partial charge in [-0.3, -0.25) is 4.99 Å². The fourth-order valence-electron chi connectivity index (χ4n) is 2.64. The second-order valence-corrected chi connectivity index (χ2v) is 4.69. The molecule has 1 spiro atoms. The number of aliphatic imine (C=N–C) groups is 1. The van der Waals surface area contributed by atoms with Crippen molar-refractivity contribution in [3.63, 3.8) is 0 Å². The zero-order valence-electron chi connectivity index (χ0n) is 9.70. The Kier molecular flexibility index (Phi) is 2.87. The van der Waals surface area contributed by atoms with E-state index in [0.29, 0.717) is 12.1 Å². The highest BCUT2D eigenvalue weighted by molar-refractivity contribution is 5.80. The van der Waals surface area contributed by atoms with Crippen LogP contribution in [0.2, 0.25) is 0 Å². The smallest absolute Gasteiger partial charge is 0.191 e. The second kappa shape index (κ2) is 4.00. The van der Waals surface area contributed by atoms with Gasteiger partial charge in [-0.2, -0.15) is 0 Å². The fraction of sp³-hybridized carbons (Fsp3) is 0.909. The lowest BCUT2D eigenvalue weighted by Crippen LogP contribution is -2.54. The maximum absolute atomic E-state index is 5.84.